The minimum atomic E-state index is -0.985. The van der Waals surface area contributed by atoms with E-state index in [0.29, 0.717) is 24.0 Å². The molecule has 0 bridgehead atoms. The molecule has 5 heteroatoms. The van der Waals surface area contributed by atoms with E-state index in [0.717, 1.165) is 11.1 Å². The molecule has 1 atom stereocenters. The Morgan fingerprint density at radius 2 is 2.14 bits per heavy atom. The maximum atomic E-state index is 13.9. The van der Waals surface area contributed by atoms with Gasteiger partial charge in [0.1, 0.15) is 5.82 Å². The molecule has 0 fully saturated rings. The molecule has 0 radical (unpaired) electrons. The molecule has 2 N–H and O–H groups in total. The highest BCUT2D eigenvalue weighted by molar-refractivity contribution is 5.93. The van der Waals surface area contributed by atoms with E-state index in [1.807, 2.05) is 6.92 Å². The quantitative estimate of drug-likeness (QED) is 0.511. The third-order valence-corrected chi connectivity index (χ3v) is 4.21. The van der Waals surface area contributed by atoms with Crippen LogP contribution >= 0.6 is 0 Å². The number of hydroxylamine groups is 1. The number of aliphatic imine (C=N–C) groups is 1. The molecule has 1 aliphatic rings. The number of hydrogen-bond donors (Lipinski definition) is 2. The predicted octanol–water partition coefficient (Wildman–Crippen LogP) is 2.69. The first-order valence-corrected chi connectivity index (χ1v) is 6.77. The lowest BCUT2D eigenvalue weighted by Crippen LogP contribution is -2.42. The van der Waals surface area contributed by atoms with Gasteiger partial charge in [0, 0.05) is 13.3 Å². The molecule has 0 aromatic heterocycles. The first kappa shape index (κ1) is 15.4. The molecule has 1 amide bonds. The number of carbonyl (C=O) groups excluding carboxylic acids is 1. The number of carbonyl (C=O) groups is 1. The second kappa shape index (κ2) is 5.77. The Kier molecular flexibility index (Phi) is 4.23. The molecule has 1 aromatic rings. The van der Waals surface area contributed by atoms with Gasteiger partial charge in [0.15, 0.2) is 0 Å². The lowest BCUT2D eigenvalue weighted by molar-refractivity contribution is -0.135. The predicted molar refractivity (Wildman–Crippen MR) is 79.1 cm³/mol. The van der Waals surface area contributed by atoms with Crippen LogP contribution < -0.4 is 5.48 Å². The summed E-state index contributed by atoms with van der Waals surface area (Å²) in [5, 5.41) is 9.14. The van der Waals surface area contributed by atoms with Crippen LogP contribution in [0.25, 0.3) is 0 Å². The van der Waals surface area contributed by atoms with Gasteiger partial charge in [0.05, 0.1) is 5.41 Å². The van der Waals surface area contributed by atoms with Crippen LogP contribution in [0.4, 0.5) is 4.39 Å². The fourth-order valence-corrected chi connectivity index (χ4v) is 3.12. The smallest absolute Gasteiger partial charge is 0.254 e. The summed E-state index contributed by atoms with van der Waals surface area (Å²) in [4.78, 5) is 16.3. The molecular weight excluding hydrogens is 271 g/mol. The van der Waals surface area contributed by atoms with E-state index >= 15 is 0 Å². The number of hydrogen-bond acceptors (Lipinski definition) is 3. The van der Waals surface area contributed by atoms with Crippen LogP contribution in [-0.2, 0) is 10.2 Å². The average Bonchev–Trinajstić information content (AvgIpc) is 2.79. The monoisotopic (exact) mass is 290 g/mol. The summed E-state index contributed by atoms with van der Waals surface area (Å²) in [6.07, 6.45) is 2.55. The second-order valence-corrected chi connectivity index (χ2v) is 5.48. The third-order valence-electron chi connectivity index (χ3n) is 4.21. The highest BCUT2D eigenvalue weighted by atomic mass is 19.1. The van der Waals surface area contributed by atoms with Crippen LogP contribution in [0.3, 0.4) is 0 Å². The van der Waals surface area contributed by atoms with Crippen LogP contribution in [0.5, 0.6) is 0 Å². The van der Waals surface area contributed by atoms with Crippen molar-refractivity contribution < 1.29 is 14.4 Å². The average molecular weight is 290 g/mol. The number of rotatable bonds is 3. The normalized spacial score (nSPS) is 22.1. The third kappa shape index (κ3) is 2.49. The van der Waals surface area contributed by atoms with E-state index in [1.165, 1.54) is 6.07 Å². The van der Waals surface area contributed by atoms with Crippen molar-refractivity contribution in [2.45, 2.75) is 32.1 Å². The van der Waals surface area contributed by atoms with Crippen LogP contribution in [-0.4, -0.2) is 24.4 Å². The zero-order valence-electron chi connectivity index (χ0n) is 12.4. The van der Waals surface area contributed by atoms with E-state index in [4.69, 9.17) is 5.21 Å². The Balaban J connectivity index is 2.57. The van der Waals surface area contributed by atoms with Gasteiger partial charge in [0.2, 0.25) is 0 Å². The fraction of sp³-hybridized carbons (Fsp3) is 0.375. The number of nitrogens with zero attached hydrogens (tertiary/aromatic N) is 1. The molecule has 0 aliphatic heterocycles. The first-order chi connectivity index (χ1) is 9.96. The van der Waals surface area contributed by atoms with Gasteiger partial charge in [-0.3, -0.25) is 15.0 Å². The fourth-order valence-electron chi connectivity index (χ4n) is 3.12. The Morgan fingerprint density at radius 1 is 1.43 bits per heavy atom. The molecule has 1 aromatic carbocycles. The molecule has 0 unspecified atom stereocenters. The molecular formula is C16H19FN2O2. The van der Waals surface area contributed by atoms with Crippen molar-refractivity contribution in [3.63, 3.8) is 0 Å². The summed E-state index contributed by atoms with van der Waals surface area (Å²) in [5.74, 6) is -0.872. The number of benzene rings is 1. The van der Waals surface area contributed by atoms with E-state index < -0.39 is 11.3 Å². The number of nitrogens with one attached hydrogen (secondary N) is 1. The van der Waals surface area contributed by atoms with Gasteiger partial charge in [0.25, 0.3) is 5.91 Å². The van der Waals surface area contributed by atoms with E-state index in [9.17, 15) is 9.18 Å². The summed E-state index contributed by atoms with van der Waals surface area (Å²) >= 11 is 0. The van der Waals surface area contributed by atoms with Crippen molar-refractivity contribution in [3.8, 4) is 0 Å². The number of amides is 1. The van der Waals surface area contributed by atoms with Crippen molar-refractivity contribution in [1.29, 1.82) is 0 Å². The molecule has 112 valence electrons. The highest BCUT2D eigenvalue weighted by Gasteiger charge is 2.46. The summed E-state index contributed by atoms with van der Waals surface area (Å²) in [5.41, 5.74) is 3.77. The van der Waals surface area contributed by atoms with E-state index in [1.54, 1.807) is 37.8 Å². The molecule has 0 heterocycles. The van der Waals surface area contributed by atoms with Gasteiger partial charge in [-0.15, -0.1) is 0 Å². The SMILES string of the molecule is C/N=C\C1=C(C)C[C@](C(=O)NO)(c2cccc(F)c2C)C1. The molecule has 0 saturated heterocycles. The topological polar surface area (TPSA) is 61.7 Å². The van der Waals surface area contributed by atoms with Crippen LogP contribution in [0, 0.1) is 12.7 Å². The zero-order valence-corrected chi connectivity index (χ0v) is 12.4. The van der Waals surface area contributed by atoms with Gasteiger partial charge >= 0.3 is 0 Å². The van der Waals surface area contributed by atoms with Crippen molar-refractivity contribution >= 4 is 12.1 Å². The molecule has 4 nitrogen and oxygen atoms in total. The van der Waals surface area contributed by atoms with Crippen LogP contribution in [0.15, 0.2) is 34.3 Å². The van der Waals surface area contributed by atoms with E-state index in [2.05, 4.69) is 4.99 Å². The van der Waals surface area contributed by atoms with Crippen molar-refractivity contribution in [1.82, 2.24) is 5.48 Å². The summed E-state index contributed by atoms with van der Waals surface area (Å²) in [7, 11) is 1.67. The largest absolute Gasteiger partial charge is 0.296 e. The van der Waals surface area contributed by atoms with Crippen LogP contribution in [0.2, 0.25) is 0 Å². The zero-order chi connectivity index (χ0) is 15.6. The first-order valence-electron chi connectivity index (χ1n) is 6.77. The maximum absolute atomic E-state index is 13.9. The lowest BCUT2D eigenvalue weighted by atomic mass is 9.74. The van der Waals surface area contributed by atoms with Gasteiger partial charge in [-0.25, -0.2) is 9.87 Å². The molecule has 21 heavy (non-hydrogen) atoms. The minimum Gasteiger partial charge on any atom is -0.296 e. The van der Waals surface area contributed by atoms with Crippen molar-refractivity contribution in [3.05, 3.63) is 46.3 Å². The Bertz CT molecular complexity index is 637. The number of halogens is 1. The van der Waals surface area contributed by atoms with Gasteiger partial charge in [-0.1, -0.05) is 17.7 Å². The Hall–Kier alpha value is -2.01. The molecule has 0 spiro atoms. The van der Waals surface area contributed by atoms with Crippen molar-refractivity contribution in [2.24, 2.45) is 4.99 Å². The second-order valence-electron chi connectivity index (χ2n) is 5.48. The van der Waals surface area contributed by atoms with Gasteiger partial charge in [-0.05, 0) is 49.5 Å². The summed E-state index contributed by atoms with van der Waals surface area (Å²) in [6.45, 7) is 3.58. The standard InChI is InChI=1S/C16H19FN2O2/c1-10-7-16(15(20)19-21,8-12(10)9-18-3)13-5-4-6-14(17)11(13)2/h4-6,9,21H,7-8H2,1-3H3,(H,19,20)/b18-9-/t16-/m1/s1. The van der Waals surface area contributed by atoms with Crippen LogP contribution in [0.1, 0.15) is 30.9 Å². The van der Waals surface area contributed by atoms with Crippen molar-refractivity contribution in [2.75, 3.05) is 7.05 Å². The van der Waals surface area contributed by atoms with Gasteiger partial charge in [-0.2, -0.15) is 0 Å². The maximum Gasteiger partial charge on any atom is 0.254 e. The Morgan fingerprint density at radius 3 is 2.76 bits per heavy atom. The molecule has 2 rings (SSSR count). The number of allylic oxidation sites excluding steroid dienone is 2. The minimum absolute atomic E-state index is 0.354. The summed E-state index contributed by atoms with van der Waals surface area (Å²) < 4.78 is 13.9. The van der Waals surface area contributed by atoms with E-state index in [-0.39, 0.29) is 5.82 Å². The Labute approximate surface area is 123 Å². The summed E-state index contributed by atoms with van der Waals surface area (Å²) in [6, 6.07) is 4.70. The molecule has 0 saturated carbocycles. The molecule has 1 aliphatic carbocycles. The lowest BCUT2D eigenvalue weighted by Gasteiger charge is -2.29. The highest BCUT2D eigenvalue weighted by Crippen LogP contribution is 2.45. The van der Waals surface area contributed by atoms with Gasteiger partial charge < -0.3 is 0 Å².